The molecule has 1 saturated heterocycles. The maximum atomic E-state index is 14.2. The largest absolute Gasteiger partial charge is 0.381 e. The Labute approximate surface area is 137 Å². The van der Waals surface area contributed by atoms with E-state index in [-0.39, 0.29) is 11.7 Å². The zero-order chi connectivity index (χ0) is 16.4. The van der Waals surface area contributed by atoms with Crippen LogP contribution in [-0.2, 0) is 11.3 Å². The summed E-state index contributed by atoms with van der Waals surface area (Å²) in [6, 6.07) is 6.51. The summed E-state index contributed by atoms with van der Waals surface area (Å²) in [4.78, 5) is 4.64. The fraction of sp³-hybridized carbons (Fsp3) is 0.400. The number of hydrogen-bond donors (Lipinski definition) is 0. The highest BCUT2D eigenvalue weighted by molar-refractivity contribution is 5.33. The summed E-state index contributed by atoms with van der Waals surface area (Å²) in [5.74, 6) is 1.18. The summed E-state index contributed by atoms with van der Waals surface area (Å²) in [5, 5.41) is 15.7. The lowest BCUT2D eigenvalue weighted by Crippen LogP contribution is -2.15. The highest BCUT2D eigenvalue weighted by Crippen LogP contribution is 2.26. The normalized spacial score (nSPS) is 15.7. The lowest BCUT2D eigenvalue weighted by molar-refractivity contribution is 0.0836. The molecule has 1 aliphatic heterocycles. The van der Waals surface area contributed by atoms with Crippen LogP contribution in [0.15, 0.2) is 30.6 Å². The minimum atomic E-state index is -0.348. The SMILES string of the molecule is Fc1ccccc1-n1nc(C2CCOCC2)nc1Cn1cnnn1. The summed E-state index contributed by atoms with van der Waals surface area (Å²) in [6.07, 6.45) is 3.23. The maximum absolute atomic E-state index is 14.2. The number of nitrogens with zero attached hydrogens (tertiary/aromatic N) is 7. The first kappa shape index (κ1) is 14.9. The van der Waals surface area contributed by atoms with Crippen molar-refractivity contribution < 1.29 is 9.13 Å². The monoisotopic (exact) mass is 329 g/mol. The summed E-state index contributed by atoms with van der Waals surface area (Å²) in [5.41, 5.74) is 0.367. The fourth-order valence-electron chi connectivity index (χ4n) is 2.81. The van der Waals surface area contributed by atoms with Crippen LogP contribution in [0.5, 0.6) is 0 Å². The molecule has 8 nitrogen and oxygen atoms in total. The molecule has 4 rings (SSSR count). The molecule has 0 bridgehead atoms. The predicted molar refractivity (Wildman–Crippen MR) is 81.0 cm³/mol. The Kier molecular flexibility index (Phi) is 3.99. The summed E-state index contributed by atoms with van der Waals surface area (Å²) in [7, 11) is 0. The molecule has 24 heavy (non-hydrogen) atoms. The maximum Gasteiger partial charge on any atom is 0.154 e. The van der Waals surface area contributed by atoms with Gasteiger partial charge in [0.15, 0.2) is 11.6 Å². The first-order valence-corrected chi connectivity index (χ1v) is 7.80. The lowest BCUT2D eigenvalue weighted by atomic mass is 10.00. The average Bonchev–Trinajstić information content (AvgIpc) is 3.27. The van der Waals surface area contributed by atoms with Gasteiger partial charge in [-0.2, -0.15) is 5.10 Å². The molecule has 0 saturated carbocycles. The van der Waals surface area contributed by atoms with Gasteiger partial charge in [0.25, 0.3) is 0 Å². The van der Waals surface area contributed by atoms with Crippen molar-refractivity contribution in [3.05, 3.63) is 48.1 Å². The average molecular weight is 329 g/mol. The topological polar surface area (TPSA) is 83.5 Å². The van der Waals surface area contributed by atoms with Gasteiger partial charge in [-0.1, -0.05) is 12.1 Å². The third kappa shape index (κ3) is 2.90. The van der Waals surface area contributed by atoms with Gasteiger partial charge in [0.2, 0.25) is 0 Å². The molecule has 0 amide bonds. The van der Waals surface area contributed by atoms with E-state index in [1.807, 2.05) is 0 Å². The highest BCUT2D eigenvalue weighted by atomic mass is 19.1. The second-order valence-electron chi connectivity index (χ2n) is 5.64. The number of hydrogen-bond acceptors (Lipinski definition) is 6. The van der Waals surface area contributed by atoms with Crippen molar-refractivity contribution in [3.63, 3.8) is 0 Å². The van der Waals surface area contributed by atoms with Crippen molar-refractivity contribution in [1.82, 2.24) is 35.0 Å². The molecule has 0 radical (unpaired) electrons. The van der Waals surface area contributed by atoms with E-state index >= 15 is 0 Å². The molecule has 2 aromatic heterocycles. The second kappa shape index (κ2) is 6.44. The molecule has 0 spiro atoms. The van der Waals surface area contributed by atoms with E-state index in [9.17, 15) is 4.39 Å². The molecule has 1 fully saturated rings. The van der Waals surface area contributed by atoms with E-state index in [0.717, 1.165) is 12.8 Å². The third-order valence-corrected chi connectivity index (χ3v) is 4.05. The van der Waals surface area contributed by atoms with Crippen LogP contribution in [0.25, 0.3) is 5.69 Å². The van der Waals surface area contributed by atoms with Crippen LogP contribution in [-0.4, -0.2) is 48.2 Å². The van der Waals surface area contributed by atoms with Crippen LogP contribution in [0.2, 0.25) is 0 Å². The number of para-hydroxylation sites is 1. The standard InChI is InChI=1S/C15H16FN7O/c16-12-3-1-2-4-13(12)23-14(9-22-10-17-20-21-22)18-15(19-23)11-5-7-24-8-6-11/h1-4,10-11H,5-9H2. The lowest BCUT2D eigenvalue weighted by Gasteiger charge is -2.18. The van der Waals surface area contributed by atoms with E-state index < -0.39 is 0 Å². The van der Waals surface area contributed by atoms with Gasteiger partial charge < -0.3 is 4.74 Å². The zero-order valence-electron chi connectivity index (χ0n) is 12.9. The minimum Gasteiger partial charge on any atom is -0.381 e. The Morgan fingerprint density at radius 3 is 2.79 bits per heavy atom. The van der Waals surface area contributed by atoms with Gasteiger partial charge in [0.05, 0.1) is 0 Å². The van der Waals surface area contributed by atoms with Crippen LogP contribution in [0.4, 0.5) is 4.39 Å². The first-order chi connectivity index (χ1) is 11.8. The number of halogens is 1. The van der Waals surface area contributed by atoms with Crippen molar-refractivity contribution in [3.8, 4) is 5.69 Å². The van der Waals surface area contributed by atoms with E-state index in [1.165, 1.54) is 17.1 Å². The van der Waals surface area contributed by atoms with Gasteiger partial charge in [-0.15, -0.1) is 5.10 Å². The van der Waals surface area contributed by atoms with Crippen molar-refractivity contribution in [2.75, 3.05) is 13.2 Å². The van der Waals surface area contributed by atoms with Gasteiger partial charge >= 0.3 is 0 Å². The quantitative estimate of drug-likeness (QED) is 0.718. The van der Waals surface area contributed by atoms with Crippen LogP contribution >= 0.6 is 0 Å². The molecule has 124 valence electrons. The van der Waals surface area contributed by atoms with Crippen LogP contribution < -0.4 is 0 Å². The molecule has 0 atom stereocenters. The number of rotatable bonds is 4. The fourth-order valence-corrected chi connectivity index (χ4v) is 2.81. The summed E-state index contributed by atoms with van der Waals surface area (Å²) >= 11 is 0. The Morgan fingerprint density at radius 1 is 1.21 bits per heavy atom. The minimum absolute atomic E-state index is 0.222. The summed E-state index contributed by atoms with van der Waals surface area (Å²) in [6.45, 7) is 1.71. The number of ether oxygens (including phenoxy) is 1. The molecule has 1 aliphatic rings. The predicted octanol–water partition coefficient (Wildman–Crippen LogP) is 1.34. The van der Waals surface area contributed by atoms with E-state index in [4.69, 9.17) is 4.74 Å². The molecule has 3 aromatic rings. The Bertz CT molecular complexity index is 811. The molecule has 0 unspecified atom stereocenters. The molecule has 0 aliphatic carbocycles. The van der Waals surface area contributed by atoms with Crippen LogP contribution in [0.1, 0.15) is 30.4 Å². The van der Waals surface area contributed by atoms with E-state index in [2.05, 4.69) is 25.6 Å². The van der Waals surface area contributed by atoms with Gasteiger partial charge in [-0.05, 0) is 35.4 Å². The third-order valence-electron chi connectivity index (χ3n) is 4.05. The van der Waals surface area contributed by atoms with Crippen molar-refractivity contribution in [2.45, 2.75) is 25.3 Å². The van der Waals surface area contributed by atoms with Gasteiger partial charge in [-0.25, -0.2) is 18.7 Å². The van der Waals surface area contributed by atoms with Crippen molar-refractivity contribution >= 4 is 0 Å². The van der Waals surface area contributed by atoms with Crippen LogP contribution in [0, 0.1) is 5.82 Å². The zero-order valence-corrected chi connectivity index (χ0v) is 12.9. The van der Waals surface area contributed by atoms with Gasteiger partial charge in [0, 0.05) is 19.1 Å². The highest BCUT2D eigenvalue weighted by Gasteiger charge is 2.23. The molecular formula is C15H16FN7O. The smallest absolute Gasteiger partial charge is 0.154 e. The molecule has 1 aromatic carbocycles. The number of tetrazole rings is 1. The molecule has 9 heteroatoms. The van der Waals surface area contributed by atoms with Crippen molar-refractivity contribution in [1.29, 1.82) is 0 Å². The Balaban J connectivity index is 1.74. The van der Waals surface area contributed by atoms with E-state index in [1.54, 1.807) is 22.9 Å². The first-order valence-electron chi connectivity index (χ1n) is 7.80. The number of aromatic nitrogens is 7. The van der Waals surface area contributed by atoms with Crippen molar-refractivity contribution in [2.24, 2.45) is 0 Å². The second-order valence-corrected chi connectivity index (χ2v) is 5.64. The van der Waals surface area contributed by atoms with Crippen LogP contribution in [0.3, 0.4) is 0 Å². The Morgan fingerprint density at radius 2 is 2.04 bits per heavy atom. The molecular weight excluding hydrogens is 313 g/mol. The van der Waals surface area contributed by atoms with Gasteiger partial charge in [0.1, 0.15) is 24.4 Å². The molecule has 0 N–H and O–H groups in total. The van der Waals surface area contributed by atoms with E-state index in [0.29, 0.717) is 37.1 Å². The summed E-state index contributed by atoms with van der Waals surface area (Å²) < 4.78 is 22.7. The van der Waals surface area contributed by atoms with Gasteiger partial charge in [-0.3, -0.25) is 0 Å². The number of benzene rings is 1. The molecule has 3 heterocycles. The Hall–Kier alpha value is -2.68.